The van der Waals surface area contributed by atoms with E-state index < -0.39 is 5.41 Å². The number of hydrogen-bond donors (Lipinski definition) is 0. The molecule has 3 heteroatoms. The van der Waals surface area contributed by atoms with Crippen LogP contribution in [0, 0.1) is 58.7 Å². The maximum atomic E-state index is 13.0. The first-order chi connectivity index (χ1) is 14.3. The van der Waals surface area contributed by atoms with E-state index in [0.29, 0.717) is 48.4 Å². The summed E-state index contributed by atoms with van der Waals surface area (Å²) >= 11 is 0. The summed E-state index contributed by atoms with van der Waals surface area (Å²) in [5, 5.41) is 0. The molecule has 4 aliphatic carbocycles. The average molecular weight is 411 g/mol. The molecule has 30 heavy (non-hydrogen) atoms. The molecule has 8 atom stereocenters. The molecule has 0 radical (unpaired) electrons. The first-order valence-corrected chi connectivity index (χ1v) is 12.2. The number of ether oxygens (including phenoxy) is 1. The van der Waals surface area contributed by atoms with Gasteiger partial charge >= 0.3 is 5.97 Å². The highest BCUT2D eigenvalue weighted by Gasteiger charge is 2.66. The zero-order valence-electron chi connectivity index (χ0n) is 19.2. The molecule has 0 spiro atoms. The first kappa shape index (κ1) is 21.7. The van der Waals surface area contributed by atoms with E-state index in [9.17, 15) is 9.59 Å². The molecular formula is C27H38O3. The summed E-state index contributed by atoms with van der Waals surface area (Å²) in [7, 11) is 0. The van der Waals surface area contributed by atoms with Crippen LogP contribution in [0.1, 0.15) is 79.1 Å². The van der Waals surface area contributed by atoms with Crippen molar-refractivity contribution in [2.75, 3.05) is 6.61 Å². The molecule has 3 saturated carbocycles. The number of fused-ring (bicyclic) bond motifs is 5. The molecule has 0 heterocycles. The largest absolute Gasteiger partial charge is 0.466 e. The molecule has 0 aromatic carbocycles. The van der Waals surface area contributed by atoms with Gasteiger partial charge < -0.3 is 4.74 Å². The fraction of sp³-hybridized carbons (Fsp3) is 0.778. The van der Waals surface area contributed by atoms with E-state index in [0.717, 1.165) is 38.5 Å². The third kappa shape index (κ3) is 2.93. The Labute approximate surface area is 182 Å². The Hall–Kier alpha value is -1.56. The number of esters is 1. The average Bonchev–Trinajstić information content (AvgIpc) is 3.01. The lowest BCUT2D eigenvalue weighted by atomic mass is 9.45. The highest BCUT2D eigenvalue weighted by molar-refractivity contribution is 5.91. The second-order valence-electron chi connectivity index (χ2n) is 10.7. The van der Waals surface area contributed by atoms with Crippen LogP contribution in [-0.2, 0) is 14.3 Å². The van der Waals surface area contributed by atoms with E-state index in [1.165, 1.54) is 12.0 Å². The minimum absolute atomic E-state index is 0.0175. The molecule has 3 nitrogen and oxygen atoms in total. The molecule has 164 valence electrons. The van der Waals surface area contributed by atoms with Gasteiger partial charge in [0.1, 0.15) is 0 Å². The third-order valence-corrected chi connectivity index (χ3v) is 9.73. The standard InChI is InChI=1S/C27H38O3/c1-6-22(25(29)30-8-3)27(7-2)14-12-23-24-17(4)15-18-16-19(28)9-10-20(18)21(24)11-13-26(23,27)5/h2,16-17,20-24H,6,8-15H2,1,3-5H3/t17-,20?,21?,22?,23?,24?,26+,27+/m1/s1. The van der Waals surface area contributed by atoms with Crippen LogP contribution in [0.2, 0.25) is 0 Å². The van der Waals surface area contributed by atoms with Crippen molar-refractivity contribution in [1.82, 2.24) is 0 Å². The molecular weight excluding hydrogens is 372 g/mol. The summed E-state index contributed by atoms with van der Waals surface area (Å²) in [5.41, 5.74) is 1.00. The lowest BCUT2D eigenvalue weighted by Crippen LogP contribution is -2.54. The van der Waals surface area contributed by atoms with Crippen molar-refractivity contribution in [2.24, 2.45) is 46.3 Å². The van der Waals surface area contributed by atoms with Gasteiger partial charge in [0.15, 0.2) is 5.78 Å². The number of ketones is 1. The lowest BCUT2D eigenvalue weighted by molar-refractivity contribution is -0.157. The highest BCUT2D eigenvalue weighted by atomic mass is 16.5. The van der Waals surface area contributed by atoms with Gasteiger partial charge in [-0.2, -0.15) is 0 Å². The van der Waals surface area contributed by atoms with Gasteiger partial charge in [0.2, 0.25) is 0 Å². The third-order valence-electron chi connectivity index (χ3n) is 9.73. The van der Waals surface area contributed by atoms with Crippen LogP contribution in [0.3, 0.4) is 0 Å². The van der Waals surface area contributed by atoms with Crippen LogP contribution in [0.25, 0.3) is 0 Å². The van der Waals surface area contributed by atoms with Crippen molar-refractivity contribution in [3.8, 4) is 12.3 Å². The van der Waals surface area contributed by atoms with E-state index in [4.69, 9.17) is 11.2 Å². The molecule has 3 fully saturated rings. The zero-order valence-corrected chi connectivity index (χ0v) is 19.2. The summed E-state index contributed by atoms with van der Waals surface area (Å²) in [4.78, 5) is 25.0. The lowest BCUT2D eigenvalue weighted by Gasteiger charge is -2.58. The zero-order chi connectivity index (χ0) is 21.7. The number of hydrogen-bond acceptors (Lipinski definition) is 3. The van der Waals surface area contributed by atoms with Crippen molar-refractivity contribution in [1.29, 1.82) is 0 Å². The summed E-state index contributed by atoms with van der Waals surface area (Å²) in [6.45, 7) is 9.15. The summed E-state index contributed by atoms with van der Waals surface area (Å²) in [5.74, 6) is 6.26. The molecule has 0 N–H and O–H groups in total. The van der Waals surface area contributed by atoms with Crippen molar-refractivity contribution >= 4 is 11.8 Å². The summed E-state index contributed by atoms with van der Waals surface area (Å²) < 4.78 is 5.49. The number of rotatable bonds is 4. The minimum atomic E-state index is -0.401. The second-order valence-corrected chi connectivity index (χ2v) is 10.7. The van der Waals surface area contributed by atoms with Crippen LogP contribution < -0.4 is 0 Å². The quantitative estimate of drug-likeness (QED) is 0.449. The Morgan fingerprint density at radius 3 is 2.73 bits per heavy atom. The van der Waals surface area contributed by atoms with Gasteiger partial charge in [-0.05, 0) is 93.0 Å². The van der Waals surface area contributed by atoms with Gasteiger partial charge in [-0.1, -0.05) is 32.3 Å². The maximum Gasteiger partial charge on any atom is 0.310 e. The van der Waals surface area contributed by atoms with Crippen LogP contribution >= 0.6 is 0 Å². The van der Waals surface area contributed by atoms with Crippen molar-refractivity contribution in [3.05, 3.63) is 11.6 Å². The van der Waals surface area contributed by atoms with Crippen molar-refractivity contribution < 1.29 is 14.3 Å². The Bertz CT molecular complexity index is 788. The van der Waals surface area contributed by atoms with Gasteiger partial charge in [0.25, 0.3) is 0 Å². The highest BCUT2D eigenvalue weighted by Crippen LogP contribution is 2.70. The molecule has 0 aromatic rings. The van der Waals surface area contributed by atoms with Gasteiger partial charge in [-0.15, -0.1) is 6.42 Å². The predicted octanol–water partition coefficient (Wildman–Crippen LogP) is 5.58. The Morgan fingerprint density at radius 2 is 2.07 bits per heavy atom. The van der Waals surface area contributed by atoms with Gasteiger partial charge in [-0.3, -0.25) is 9.59 Å². The Kier molecular flexibility index (Phi) is 5.67. The Morgan fingerprint density at radius 1 is 1.30 bits per heavy atom. The second kappa shape index (κ2) is 7.85. The molecule has 0 amide bonds. The van der Waals surface area contributed by atoms with E-state index in [1.807, 2.05) is 13.0 Å². The Balaban J connectivity index is 1.69. The smallest absolute Gasteiger partial charge is 0.310 e. The monoisotopic (exact) mass is 410 g/mol. The van der Waals surface area contributed by atoms with E-state index >= 15 is 0 Å². The summed E-state index contributed by atoms with van der Waals surface area (Å²) in [6.07, 6.45) is 16.1. The van der Waals surface area contributed by atoms with Crippen LogP contribution in [0.15, 0.2) is 11.6 Å². The van der Waals surface area contributed by atoms with Gasteiger partial charge in [0, 0.05) is 6.42 Å². The van der Waals surface area contributed by atoms with E-state index in [1.54, 1.807) is 0 Å². The molecule has 4 rings (SSSR count). The minimum Gasteiger partial charge on any atom is -0.466 e. The normalized spacial score (nSPS) is 43.5. The van der Waals surface area contributed by atoms with E-state index in [2.05, 4.69) is 26.7 Å². The first-order valence-electron chi connectivity index (χ1n) is 12.2. The number of terminal acetylenes is 1. The van der Waals surface area contributed by atoms with Gasteiger partial charge in [-0.25, -0.2) is 0 Å². The van der Waals surface area contributed by atoms with Crippen molar-refractivity contribution in [2.45, 2.75) is 79.1 Å². The van der Waals surface area contributed by atoms with Crippen LogP contribution in [0.4, 0.5) is 0 Å². The molecule has 0 saturated heterocycles. The molecule has 0 bridgehead atoms. The maximum absolute atomic E-state index is 13.0. The van der Waals surface area contributed by atoms with E-state index in [-0.39, 0.29) is 17.3 Å². The number of carbonyl (C=O) groups excluding carboxylic acids is 2. The van der Waals surface area contributed by atoms with Crippen LogP contribution in [0.5, 0.6) is 0 Å². The fourth-order valence-corrected chi connectivity index (χ4v) is 8.53. The number of carbonyl (C=O) groups is 2. The molecule has 5 unspecified atom stereocenters. The van der Waals surface area contributed by atoms with Gasteiger partial charge in [0.05, 0.1) is 17.9 Å². The predicted molar refractivity (Wildman–Crippen MR) is 118 cm³/mol. The topological polar surface area (TPSA) is 43.4 Å². The summed E-state index contributed by atoms with van der Waals surface area (Å²) in [6, 6.07) is 0. The molecule has 4 aliphatic rings. The number of allylic oxidation sites excluding steroid dienone is 1. The molecule has 0 aliphatic heterocycles. The van der Waals surface area contributed by atoms with Crippen LogP contribution in [-0.4, -0.2) is 18.4 Å². The SMILES string of the molecule is C#C[C@@]1(C(CC)C(=O)OCC)CCC2C3C(CC[C@@]21C)C1CCC(=O)C=C1C[C@H]3C. The molecule has 0 aromatic heterocycles. The van der Waals surface area contributed by atoms with Crippen molar-refractivity contribution in [3.63, 3.8) is 0 Å². The fourth-order valence-electron chi connectivity index (χ4n) is 8.53.